The Morgan fingerprint density at radius 3 is 2.67 bits per heavy atom. The van der Waals surface area contributed by atoms with Crippen LogP contribution in [0.2, 0.25) is 5.02 Å². The Balaban J connectivity index is 1.84. The number of rotatable bonds is 5. The van der Waals surface area contributed by atoms with Gasteiger partial charge in [0.1, 0.15) is 4.83 Å². The number of anilines is 1. The molecular formula is C19H17ClF3N3O2S2. The second-order valence-corrected chi connectivity index (χ2v) is 9.01. The highest BCUT2D eigenvalue weighted by Gasteiger charge is 2.34. The first kappa shape index (κ1) is 22.6. The summed E-state index contributed by atoms with van der Waals surface area (Å²) >= 11 is 8.04. The predicted molar refractivity (Wildman–Crippen MR) is 115 cm³/mol. The second-order valence-electron chi connectivity index (χ2n) is 6.43. The highest BCUT2D eigenvalue weighted by atomic mass is 35.5. The molecule has 0 aliphatic carbocycles. The summed E-state index contributed by atoms with van der Waals surface area (Å²) in [7, 11) is 0. The van der Waals surface area contributed by atoms with E-state index in [9.17, 15) is 22.8 Å². The van der Waals surface area contributed by atoms with Gasteiger partial charge in [0.15, 0.2) is 5.16 Å². The molecule has 5 nitrogen and oxygen atoms in total. The lowest BCUT2D eigenvalue weighted by Crippen LogP contribution is -2.23. The Kier molecular flexibility index (Phi) is 6.49. The number of aryl methyl sites for hydroxylation is 2. The molecule has 0 atom stereocenters. The third-order valence-corrected chi connectivity index (χ3v) is 6.78. The third kappa shape index (κ3) is 4.50. The van der Waals surface area contributed by atoms with E-state index >= 15 is 0 Å². The summed E-state index contributed by atoms with van der Waals surface area (Å²) in [6.45, 7) is 5.91. The molecule has 30 heavy (non-hydrogen) atoms. The summed E-state index contributed by atoms with van der Waals surface area (Å²) < 4.78 is 41.0. The number of thioether (sulfide) groups is 1. The van der Waals surface area contributed by atoms with Crippen molar-refractivity contribution >= 4 is 56.5 Å². The van der Waals surface area contributed by atoms with Crippen molar-refractivity contribution < 1.29 is 18.0 Å². The summed E-state index contributed by atoms with van der Waals surface area (Å²) in [5.74, 6) is -0.857. The Morgan fingerprint density at radius 1 is 1.33 bits per heavy atom. The van der Waals surface area contributed by atoms with Gasteiger partial charge in [-0.25, -0.2) is 4.98 Å². The van der Waals surface area contributed by atoms with Crippen molar-refractivity contribution in [1.82, 2.24) is 9.55 Å². The number of carbonyl (C=O) groups is 1. The molecule has 1 N–H and O–H groups in total. The Labute approximate surface area is 183 Å². The van der Waals surface area contributed by atoms with E-state index in [4.69, 9.17) is 11.6 Å². The number of benzene rings is 1. The molecule has 1 aromatic carbocycles. The lowest BCUT2D eigenvalue weighted by molar-refractivity contribution is -0.137. The maximum absolute atomic E-state index is 13.2. The number of fused-ring (bicyclic) bond motifs is 1. The average molecular weight is 476 g/mol. The smallest absolute Gasteiger partial charge is 0.325 e. The number of amides is 1. The fourth-order valence-corrected chi connectivity index (χ4v) is 4.98. The van der Waals surface area contributed by atoms with Crippen molar-refractivity contribution in [1.29, 1.82) is 0 Å². The monoisotopic (exact) mass is 475 g/mol. The average Bonchev–Trinajstić information content (AvgIpc) is 2.94. The lowest BCUT2D eigenvalue weighted by atomic mass is 10.1. The summed E-state index contributed by atoms with van der Waals surface area (Å²) in [4.78, 5) is 31.2. The van der Waals surface area contributed by atoms with Gasteiger partial charge in [0.2, 0.25) is 5.91 Å². The van der Waals surface area contributed by atoms with Crippen LogP contribution in [0, 0.1) is 13.8 Å². The van der Waals surface area contributed by atoms with Gasteiger partial charge in [-0.3, -0.25) is 14.2 Å². The first-order valence-corrected chi connectivity index (χ1v) is 11.0. The molecule has 0 bridgehead atoms. The van der Waals surface area contributed by atoms with Crippen molar-refractivity contribution in [2.75, 3.05) is 11.1 Å². The van der Waals surface area contributed by atoms with Crippen LogP contribution >= 0.6 is 34.7 Å². The molecule has 11 heteroatoms. The molecule has 0 aliphatic rings. The molecule has 2 heterocycles. The highest BCUT2D eigenvalue weighted by molar-refractivity contribution is 7.99. The zero-order valence-electron chi connectivity index (χ0n) is 16.2. The van der Waals surface area contributed by atoms with Crippen LogP contribution in [-0.2, 0) is 17.5 Å². The molecule has 2 aromatic heterocycles. The van der Waals surface area contributed by atoms with Crippen LogP contribution in [0.5, 0.6) is 0 Å². The Morgan fingerprint density at radius 2 is 2.03 bits per heavy atom. The number of hydrogen-bond donors (Lipinski definition) is 1. The van der Waals surface area contributed by atoms with E-state index in [2.05, 4.69) is 10.3 Å². The van der Waals surface area contributed by atoms with E-state index in [0.29, 0.717) is 21.9 Å². The van der Waals surface area contributed by atoms with Gasteiger partial charge < -0.3 is 5.32 Å². The fourth-order valence-electron chi connectivity index (χ4n) is 2.87. The maximum atomic E-state index is 13.2. The van der Waals surface area contributed by atoms with Gasteiger partial charge in [-0.15, -0.1) is 11.3 Å². The highest BCUT2D eigenvalue weighted by Crippen LogP contribution is 2.36. The molecule has 0 spiro atoms. The van der Waals surface area contributed by atoms with E-state index in [1.165, 1.54) is 22.0 Å². The Hall–Kier alpha value is -2.04. The molecule has 1 amide bonds. The fraction of sp³-hybridized carbons (Fsp3) is 0.316. The largest absolute Gasteiger partial charge is 0.418 e. The zero-order chi connectivity index (χ0) is 22.2. The molecule has 3 rings (SSSR count). The zero-order valence-corrected chi connectivity index (χ0v) is 18.6. The van der Waals surface area contributed by atoms with Gasteiger partial charge in [-0.05, 0) is 44.5 Å². The number of halogens is 4. The summed E-state index contributed by atoms with van der Waals surface area (Å²) in [5, 5.41) is 3.09. The number of nitrogens with zero attached hydrogens (tertiary/aromatic N) is 2. The molecule has 0 aliphatic heterocycles. The normalized spacial score (nSPS) is 11.8. The van der Waals surface area contributed by atoms with Gasteiger partial charge in [-0.1, -0.05) is 23.4 Å². The summed E-state index contributed by atoms with van der Waals surface area (Å²) in [5.41, 5.74) is -0.711. The maximum Gasteiger partial charge on any atom is 0.418 e. The standard InChI is InChI=1S/C19H17ClF3N3O2S2/c1-4-26-17(28)15-9(2)10(3)30-16(15)25-18(26)29-8-14(27)24-13-6-5-11(20)7-12(13)19(21,22)23/h5-7H,4,8H2,1-3H3,(H,24,27). The van der Waals surface area contributed by atoms with Crippen LogP contribution in [0.4, 0.5) is 18.9 Å². The number of nitrogens with one attached hydrogen (secondary N) is 1. The van der Waals surface area contributed by atoms with Crippen LogP contribution in [0.25, 0.3) is 10.2 Å². The van der Waals surface area contributed by atoms with Gasteiger partial charge in [0.25, 0.3) is 5.56 Å². The van der Waals surface area contributed by atoms with Gasteiger partial charge >= 0.3 is 6.18 Å². The van der Waals surface area contributed by atoms with E-state index in [0.717, 1.165) is 34.3 Å². The molecule has 0 saturated carbocycles. The van der Waals surface area contributed by atoms with Gasteiger partial charge in [-0.2, -0.15) is 13.2 Å². The van der Waals surface area contributed by atoms with Crippen molar-refractivity contribution in [2.24, 2.45) is 0 Å². The van der Waals surface area contributed by atoms with Crippen LogP contribution in [-0.4, -0.2) is 21.2 Å². The molecule has 0 fully saturated rings. The minimum absolute atomic E-state index is 0.0827. The number of thiophene rings is 1. The quantitative estimate of drug-likeness (QED) is 0.391. The predicted octanol–water partition coefficient (Wildman–Crippen LogP) is 5.50. The van der Waals surface area contributed by atoms with Crippen LogP contribution in [0.1, 0.15) is 22.9 Å². The molecular weight excluding hydrogens is 459 g/mol. The molecule has 0 unspecified atom stereocenters. The molecule has 3 aromatic rings. The summed E-state index contributed by atoms with van der Waals surface area (Å²) in [6.07, 6.45) is -4.66. The van der Waals surface area contributed by atoms with Gasteiger partial charge in [0, 0.05) is 16.4 Å². The van der Waals surface area contributed by atoms with Crippen molar-refractivity contribution in [3.8, 4) is 0 Å². The SMILES string of the molecule is CCn1c(SCC(=O)Nc2ccc(Cl)cc2C(F)(F)F)nc2sc(C)c(C)c2c1=O. The van der Waals surface area contributed by atoms with Gasteiger partial charge in [0.05, 0.1) is 22.4 Å². The second kappa shape index (κ2) is 8.60. The van der Waals surface area contributed by atoms with E-state index in [1.54, 1.807) is 6.92 Å². The van der Waals surface area contributed by atoms with E-state index < -0.39 is 17.6 Å². The van der Waals surface area contributed by atoms with Crippen LogP contribution in [0.3, 0.4) is 0 Å². The van der Waals surface area contributed by atoms with E-state index in [-0.39, 0.29) is 22.0 Å². The molecule has 0 radical (unpaired) electrons. The minimum Gasteiger partial charge on any atom is -0.325 e. The number of alkyl halides is 3. The lowest BCUT2D eigenvalue weighted by Gasteiger charge is -2.14. The Bertz CT molecular complexity index is 1190. The third-order valence-electron chi connectivity index (χ3n) is 4.46. The number of carbonyl (C=O) groups excluding carboxylic acids is 1. The summed E-state index contributed by atoms with van der Waals surface area (Å²) in [6, 6.07) is 3.14. The van der Waals surface area contributed by atoms with Crippen LogP contribution in [0.15, 0.2) is 28.2 Å². The molecule has 0 saturated heterocycles. The van der Waals surface area contributed by atoms with E-state index in [1.807, 2.05) is 13.8 Å². The minimum atomic E-state index is -4.66. The number of aromatic nitrogens is 2. The number of hydrogen-bond acceptors (Lipinski definition) is 5. The molecule has 160 valence electrons. The van der Waals surface area contributed by atoms with Crippen LogP contribution < -0.4 is 10.9 Å². The topological polar surface area (TPSA) is 64.0 Å². The van der Waals surface area contributed by atoms with Crippen molar-refractivity contribution in [3.63, 3.8) is 0 Å². The first-order chi connectivity index (χ1) is 14.0. The van der Waals surface area contributed by atoms with Crippen molar-refractivity contribution in [2.45, 2.75) is 38.6 Å². The first-order valence-electron chi connectivity index (χ1n) is 8.82. The van der Waals surface area contributed by atoms with Crippen molar-refractivity contribution in [3.05, 3.63) is 49.6 Å².